The molecule has 1 aliphatic carbocycles. The minimum atomic E-state index is -4.42. The molecule has 3 heterocycles. The standard InChI is InChI=1S/C26H28F3N3O3S/c1-2-34-24(33)21-14-36-25(32-21)30-13-17-9-10-18-22(15-6-4-3-5-7-15)31-20-11-8-16(26(27,28)29)12-19(20)23(18)35-17/h3-6,8,11-12,14-15,17-18,22-23,31H,2,7,9-10,13H2,1H3,(H,30,32)/t15?,17-,18+,22+,23+/m1/s1. The van der Waals surface area contributed by atoms with Crippen molar-refractivity contribution in [2.24, 2.45) is 11.8 Å². The number of carbonyl (C=O) groups is 1. The van der Waals surface area contributed by atoms with Crippen molar-refractivity contribution < 1.29 is 27.4 Å². The van der Waals surface area contributed by atoms with Gasteiger partial charge >= 0.3 is 12.1 Å². The number of carbonyl (C=O) groups excluding carboxylic acids is 1. The van der Waals surface area contributed by atoms with E-state index in [0.717, 1.165) is 25.3 Å². The molecule has 5 rings (SSSR count). The molecule has 0 saturated carbocycles. The first-order valence-electron chi connectivity index (χ1n) is 12.2. The molecule has 0 radical (unpaired) electrons. The molecular formula is C26H28F3N3O3S. The van der Waals surface area contributed by atoms with Crippen molar-refractivity contribution in [3.8, 4) is 0 Å². The zero-order valence-corrected chi connectivity index (χ0v) is 20.6. The van der Waals surface area contributed by atoms with Crippen LogP contribution in [0.4, 0.5) is 24.0 Å². The predicted molar refractivity (Wildman–Crippen MR) is 132 cm³/mol. The van der Waals surface area contributed by atoms with Crippen molar-refractivity contribution >= 4 is 28.1 Å². The molecule has 0 bridgehead atoms. The lowest BCUT2D eigenvalue weighted by Gasteiger charge is -2.47. The van der Waals surface area contributed by atoms with Gasteiger partial charge in [0.1, 0.15) is 0 Å². The number of aromatic nitrogens is 1. The molecular weight excluding hydrogens is 491 g/mol. The van der Waals surface area contributed by atoms with E-state index in [4.69, 9.17) is 9.47 Å². The topological polar surface area (TPSA) is 72.5 Å². The van der Waals surface area contributed by atoms with Gasteiger partial charge in [0.25, 0.3) is 0 Å². The fraction of sp³-hybridized carbons (Fsp3) is 0.462. The predicted octanol–water partition coefficient (Wildman–Crippen LogP) is 6.21. The van der Waals surface area contributed by atoms with E-state index in [2.05, 4.69) is 27.8 Å². The second-order valence-electron chi connectivity index (χ2n) is 9.24. The van der Waals surface area contributed by atoms with Crippen LogP contribution in [0.25, 0.3) is 0 Å². The van der Waals surface area contributed by atoms with Crippen LogP contribution >= 0.6 is 11.3 Å². The van der Waals surface area contributed by atoms with Gasteiger partial charge in [0.15, 0.2) is 10.8 Å². The molecule has 1 fully saturated rings. The number of rotatable bonds is 6. The van der Waals surface area contributed by atoms with Crippen molar-refractivity contribution in [2.75, 3.05) is 23.8 Å². The second kappa shape index (κ2) is 10.3. The number of halogens is 3. The van der Waals surface area contributed by atoms with Gasteiger partial charge < -0.3 is 20.1 Å². The SMILES string of the molecule is CCOC(=O)c1csc(NC[C@H]2CC[C@@H]3[C@H](O2)c2cc(C(F)(F)F)ccc2N[C@H]3C2C=CC=CC2)n1. The Labute approximate surface area is 211 Å². The van der Waals surface area contributed by atoms with Gasteiger partial charge in [0, 0.05) is 41.1 Å². The number of allylic oxidation sites excluding steroid dienone is 3. The summed E-state index contributed by atoms with van der Waals surface area (Å²) in [5, 5.41) is 8.97. The fourth-order valence-electron chi connectivity index (χ4n) is 5.27. The number of thiazole rings is 1. The van der Waals surface area contributed by atoms with Crippen LogP contribution in [0.15, 0.2) is 47.9 Å². The molecule has 0 amide bonds. The van der Waals surface area contributed by atoms with Gasteiger partial charge in [0.2, 0.25) is 0 Å². The molecule has 1 aromatic heterocycles. The Bertz CT molecular complexity index is 1160. The van der Waals surface area contributed by atoms with Gasteiger partial charge in [0.05, 0.1) is 24.4 Å². The van der Waals surface area contributed by atoms with Crippen molar-refractivity contribution in [2.45, 2.75) is 50.6 Å². The van der Waals surface area contributed by atoms with E-state index < -0.39 is 23.8 Å². The Morgan fingerprint density at radius 3 is 2.92 bits per heavy atom. The Morgan fingerprint density at radius 2 is 2.17 bits per heavy atom. The maximum atomic E-state index is 13.5. The molecule has 3 aliphatic rings. The highest BCUT2D eigenvalue weighted by Crippen LogP contribution is 2.49. The molecule has 192 valence electrons. The fourth-order valence-corrected chi connectivity index (χ4v) is 5.96. The summed E-state index contributed by atoms with van der Waals surface area (Å²) in [5.41, 5.74) is 0.840. The summed E-state index contributed by atoms with van der Waals surface area (Å²) in [5.74, 6) is -0.176. The normalized spacial score (nSPS) is 27.1. The highest BCUT2D eigenvalue weighted by molar-refractivity contribution is 7.13. The van der Waals surface area contributed by atoms with E-state index in [1.165, 1.54) is 23.5 Å². The average molecular weight is 520 g/mol. The smallest absolute Gasteiger partial charge is 0.416 e. The van der Waals surface area contributed by atoms with Gasteiger partial charge in [-0.05, 0) is 44.4 Å². The third-order valence-corrected chi connectivity index (χ3v) is 7.76. The molecule has 1 unspecified atom stereocenters. The number of nitrogens with one attached hydrogen (secondary N) is 2. The maximum Gasteiger partial charge on any atom is 0.416 e. The Kier molecular flexibility index (Phi) is 7.07. The Balaban J connectivity index is 1.34. The lowest BCUT2D eigenvalue weighted by molar-refractivity contribution is -0.138. The van der Waals surface area contributed by atoms with Crippen LogP contribution in [0.3, 0.4) is 0 Å². The molecule has 5 atom stereocenters. The minimum Gasteiger partial charge on any atom is -0.461 e. The molecule has 6 nitrogen and oxygen atoms in total. The van der Waals surface area contributed by atoms with E-state index in [1.807, 2.05) is 12.2 Å². The lowest BCUT2D eigenvalue weighted by Crippen LogP contribution is -2.47. The number of hydrogen-bond acceptors (Lipinski definition) is 7. The Hall–Kier alpha value is -2.85. The highest BCUT2D eigenvalue weighted by Gasteiger charge is 2.45. The first kappa shape index (κ1) is 24.8. The minimum absolute atomic E-state index is 0.0497. The zero-order chi connectivity index (χ0) is 25.3. The molecule has 1 saturated heterocycles. The maximum absolute atomic E-state index is 13.5. The monoisotopic (exact) mass is 519 g/mol. The molecule has 10 heteroatoms. The van der Waals surface area contributed by atoms with E-state index >= 15 is 0 Å². The molecule has 36 heavy (non-hydrogen) atoms. The first-order valence-corrected chi connectivity index (χ1v) is 13.0. The van der Waals surface area contributed by atoms with Gasteiger partial charge in [-0.1, -0.05) is 24.3 Å². The van der Waals surface area contributed by atoms with Crippen molar-refractivity contribution in [3.63, 3.8) is 0 Å². The van der Waals surface area contributed by atoms with Crippen LogP contribution in [0, 0.1) is 11.8 Å². The Morgan fingerprint density at radius 1 is 1.31 bits per heavy atom. The highest BCUT2D eigenvalue weighted by atomic mass is 32.1. The van der Waals surface area contributed by atoms with Crippen LogP contribution < -0.4 is 10.6 Å². The van der Waals surface area contributed by atoms with Gasteiger partial charge in [-0.25, -0.2) is 9.78 Å². The first-order chi connectivity index (χ1) is 17.3. The van der Waals surface area contributed by atoms with E-state index in [0.29, 0.717) is 22.9 Å². The second-order valence-corrected chi connectivity index (χ2v) is 10.1. The van der Waals surface area contributed by atoms with Gasteiger partial charge in [-0.15, -0.1) is 11.3 Å². The number of alkyl halides is 3. The summed E-state index contributed by atoms with van der Waals surface area (Å²) >= 11 is 1.30. The van der Waals surface area contributed by atoms with E-state index in [1.54, 1.807) is 12.3 Å². The molecule has 2 N–H and O–H groups in total. The quantitative estimate of drug-likeness (QED) is 0.442. The number of benzene rings is 1. The number of hydrogen-bond donors (Lipinski definition) is 2. The number of anilines is 2. The molecule has 0 spiro atoms. The summed E-state index contributed by atoms with van der Waals surface area (Å²) in [7, 11) is 0. The summed E-state index contributed by atoms with van der Waals surface area (Å²) in [4.78, 5) is 16.1. The molecule has 1 aromatic carbocycles. The van der Waals surface area contributed by atoms with E-state index in [-0.39, 0.29) is 36.3 Å². The van der Waals surface area contributed by atoms with Crippen LogP contribution in [0.1, 0.15) is 53.9 Å². The third-order valence-electron chi connectivity index (χ3n) is 6.96. The summed E-state index contributed by atoms with van der Waals surface area (Å²) in [6.45, 7) is 2.45. The van der Waals surface area contributed by atoms with Crippen molar-refractivity contribution in [1.29, 1.82) is 0 Å². The van der Waals surface area contributed by atoms with Crippen molar-refractivity contribution in [1.82, 2.24) is 4.98 Å². The third kappa shape index (κ3) is 5.15. The number of ether oxygens (including phenoxy) is 2. The van der Waals surface area contributed by atoms with Crippen molar-refractivity contribution in [3.05, 3.63) is 64.7 Å². The lowest BCUT2D eigenvalue weighted by atomic mass is 9.73. The number of nitrogens with zero attached hydrogens (tertiary/aromatic N) is 1. The van der Waals surface area contributed by atoms with Crippen LogP contribution in [-0.4, -0.2) is 36.3 Å². The van der Waals surface area contributed by atoms with Crippen LogP contribution in [-0.2, 0) is 15.7 Å². The van der Waals surface area contributed by atoms with Crippen LogP contribution in [0.5, 0.6) is 0 Å². The average Bonchev–Trinajstić information content (AvgIpc) is 3.36. The number of esters is 1. The molecule has 2 aliphatic heterocycles. The number of fused-ring (bicyclic) bond motifs is 3. The van der Waals surface area contributed by atoms with Gasteiger partial charge in [-0.3, -0.25) is 0 Å². The summed E-state index contributed by atoms with van der Waals surface area (Å²) < 4.78 is 52.0. The molecule has 2 aromatic rings. The van der Waals surface area contributed by atoms with Crippen LogP contribution in [0.2, 0.25) is 0 Å². The summed E-state index contributed by atoms with van der Waals surface area (Å²) in [6.07, 6.45) is 5.74. The largest absolute Gasteiger partial charge is 0.461 e. The summed E-state index contributed by atoms with van der Waals surface area (Å²) in [6, 6.07) is 3.96. The van der Waals surface area contributed by atoms with E-state index in [9.17, 15) is 18.0 Å². The zero-order valence-electron chi connectivity index (χ0n) is 19.8. The van der Waals surface area contributed by atoms with Gasteiger partial charge in [-0.2, -0.15) is 13.2 Å².